The maximum atomic E-state index is 13.0. The Labute approximate surface area is 79.3 Å². The van der Waals surface area contributed by atoms with Crippen LogP contribution in [0.5, 0.6) is 0 Å². The van der Waals surface area contributed by atoms with Crippen LogP contribution in [0.4, 0.5) is 4.39 Å². The lowest BCUT2D eigenvalue weighted by Crippen LogP contribution is -1.99. The molecule has 2 nitrogen and oxygen atoms in total. The predicted octanol–water partition coefficient (Wildman–Crippen LogP) is 2.49. The van der Waals surface area contributed by atoms with Gasteiger partial charge < -0.3 is 0 Å². The first-order valence-corrected chi connectivity index (χ1v) is 3.89. The fourth-order valence-electron chi connectivity index (χ4n) is 0.926. The third-order valence-electron chi connectivity index (χ3n) is 1.59. The van der Waals surface area contributed by atoms with Gasteiger partial charge in [0.1, 0.15) is 5.82 Å². The van der Waals surface area contributed by atoms with E-state index in [9.17, 15) is 14.0 Å². The third kappa shape index (κ3) is 1.92. The van der Waals surface area contributed by atoms with Gasteiger partial charge in [0.25, 0.3) is 0 Å². The second kappa shape index (κ2) is 3.66. The second-order valence-electron chi connectivity index (χ2n) is 2.53. The van der Waals surface area contributed by atoms with E-state index in [4.69, 9.17) is 11.6 Å². The van der Waals surface area contributed by atoms with Crippen molar-refractivity contribution in [1.29, 1.82) is 0 Å². The van der Waals surface area contributed by atoms with E-state index in [1.165, 1.54) is 6.92 Å². The fraction of sp³-hybridized carbons (Fsp3) is 0.111. The summed E-state index contributed by atoms with van der Waals surface area (Å²) in [6.07, 6.45) is 0.480. The lowest BCUT2D eigenvalue weighted by molar-refractivity contribution is 0.101. The normalized spacial score (nSPS) is 9.77. The fourth-order valence-corrected chi connectivity index (χ4v) is 1.12. The lowest BCUT2D eigenvalue weighted by atomic mass is 10.1. The van der Waals surface area contributed by atoms with Gasteiger partial charge in [0, 0.05) is 5.56 Å². The molecule has 0 fully saturated rings. The molecule has 0 bridgehead atoms. The highest BCUT2D eigenvalue weighted by molar-refractivity contribution is 6.33. The smallest absolute Gasteiger partial charge is 0.162 e. The zero-order valence-corrected chi connectivity index (χ0v) is 7.56. The quantitative estimate of drug-likeness (QED) is 0.543. The van der Waals surface area contributed by atoms with Gasteiger partial charge in [0.2, 0.25) is 0 Å². The molecule has 13 heavy (non-hydrogen) atoms. The molecule has 1 rings (SSSR count). The van der Waals surface area contributed by atoms with Crippen LogP contribution in [0.15, 0.2) is 12.1 Å². The molecule has 0 N–H and O–H groups in total. The first-order valence-electron chi connectivity index (χ1n) is 3.51. The van der Waals surface area contributed by atoms with Gasteiger partial charge in [0.05, 0.1) is 10.6 Å². The maximum Gasteiger partial charge on any atom is 0.162 e. The average Bonchev–Trinajstić information content (AvgIpc) is 2.03. The molecule has 0 saturated carbocycles. The molecule has 0 unspecified atom stereocenters. The van der Waals surface area contributed by atoms with Crippen molar-refractivity contribution >= 4 is 23.7 Å². The molecular weight excluding hydrogens is 195 g/mol. The highest BCUT2D eigenvalue weighted by atomic mass is 35.5. The summed E-state index contributed by atoms with van der Waals surface area (Å²) in [5, 5.41) is 0.0116. The van der Waals surface area contributed by atoms with Crippen molar-refractivity contribution in [2.24, 2.45) is 0 Å². The molecule has 0 atom stereocenters. The summed E-state index contributed by atoms with van der Waals surface area (Å²) in [5.41, 5.74) is -0.000216. The number of carbonyl (C=O) groups excluding carboxylic acids is 2. The van der Waals surface area contributed by atoms with Crippen molar-refractivity contribution in [3.05, 3.63) is 34.1 Å². The third-order valence-corrected chi connectivity index (χ3v) is 1.92. The van der Waals surface area contributed by atoms with Gasteiger partial charge in [-0.1, -0.05) is 11.6 Å². The van der Waals surface area contributed by atoms with Crippen LogP contribution in [0.1, 0.15) is 27.6 Å². The first-order chi connectivity index (χ1) is 6.06. The predicted molar refractivity (Wildman–Crippen MR) is 46.8 cm³/mol. The van der Waals surface area contributed by atoms with E-state index in [1.54, 1.807) is 0 Å². The molecule has 0 saturated heterocycles. The summed E-state index contributed by atoms with van der Waals surface area (Å²) in [6.45, 7) is 1.22. The number of ketones is 1. The highest BCUT2D eigenvalue weighted by Gasteiger charge is 2.11. The molecule has 0 aliphatic rings. The van der Waals surface area contributed by atoms with Crippen LogP contribution in [-0.2, 0) is 0 Å². The zero-order chi connectivity index (χ0) is 10.0. The number of Topliss-reactive ketones (excluding diaryl/α,β-unsaturated/α-hetero) is 1. The minimum atomic E-state index is -0.705. The van der Waals surface area contributed by atoms with Crippen LogP contribution in [-0.4, -0.2) is 12.1 Å². The monoisotopic (exact) mass is 200 g/mol. The Kier molecular flexibility index (Phi) is 2.78. The highest BCUT2D eigenvalue weighted by Crippen LogP contribution is 2.19. The summed E-state index contributed by atoms with van der Waals surface area (Å²) in [7, 11) is 0. The minimum absolute atomic E-state index is 0.0116. The van der Waals surface area contributed by atoms with E-state index >= 15 is 0 Å². The average molecular weight is 201 g/mol. The van der Waals surface area contributed by atoms with E-state index in [0.29, 0.717) is 6.29 Å². The van der Waals surface area contributed by atoms with Crippen molar-refractivity contribution in [2.45, 2.75) is 6.92 Å². The Hall–Kier alpha value is -1.22. The van der Waals surface area contributed by atoms with Gasteiger partial charge in [0.15, 0.2) is 12.1 Å². The van der Waals surface area contributed by atoms with Crippen molar-refractivity contribution in [3.8, 4) is 0 Å². The first kappa shape index (κ1) is 9.86. The molecule has 0 aliphatic heterocycles. The SMILES string of the molecule is CC(=O)c1cc(C=O)c(Cl)cc1F. The lowest BCUT2D eigenvalue weighted by Gasteiger charge is -2.01. The molecule has 0 heterocycles. The van der Waals surface area contributed by atoms with E-state index in [1.807, 2.05) is 0 Å². The topological polar surface area (TPSA) is 34.1 Å². The number of carbonyl (C=O) groups is 2. The molecule has 0 spiro atoms. The number of hydrogen-bond donors (Lipinski definition) is 0. The Balaban J connectivity index is 3.38. The Morgan fingerprint density at radius 2 is 2.15 bits per heavy atom. The molecule has 0 aliphatic carbocycles. The molecule has 1 aromatic rings. The number of halogens is 2. The van der Waals surface area contributed by atoms with Crippen LogP contribution in [0.25, 0.3) is 0 Å². The molecule has 68 valence electrons. The van der Waals surface area contributed by atoms with Gasteiger partial charge in [-0.2, -0.15) is 0 Å². The van der Waals surface area contributed by atoms with Crippen molar-refractivity contribution < 1.29 is 14.0 Å². The summed E-state index contributed by atoms with van der Waals surface area (Å²) in [5.74, 6) is -1.14. The number of aldehydes is 1. The second-order valence-corrected chi connectivity index (χ2v) is 2.93. The Bertz CT molecular complexity index is 374. The van der Waals surface area contributed by atoms with Gasteiger partial charge in [-0.15, -0.1) is 0 Å². The minimum Gasteiger partial charge on any atom is -0.298 e. The Morgan fingerprint density at radius 1 is 1.54 bits per heavy atom. The molecule has 0 amide bonds. The van der Waals surface area contributed by atoms with Gasteiger partial charge in [-0.05, 0) is 19.1 Å². The van der Waals surface area contributed by atoms with E-state index in [0.717, 1.165) is 12.1 Å². The van der Waals surface area contributed by atoms with Gasteiger partial charge in [-0.25, -0.2) is 4.39 Å². The maximum absolute atomic E-state index is 13.0. The number of hydrogen-bond acceptors (Lipinski definition) is 2. The van der Waals surface area contributed by atoms with Crippen LogP contribution < -0.4 is 0 Å². The summed E-state index contributed by atoms with van der Waals surface area (Å²) in [4.78, 5) is 21.2. The van der Waals surface area contributed by atoms with Crippen LogP contribution in [0.3, 0.4) is 0 Å². The molecule has 0 radical (unpaired) electrons. The number of benzene rings is 1. The largest absolute Gasteiger partial charge is 0.298 e. The van der Waals surface area contributed by atoms with Crippen molar-refractivity contribution in [2.75, 3.05) is 0 Å². The summed E-state index contributed by atoms with van der Waals surface area (Å²) >= 11 is 5.52. The zero-order valence-electron chi connectivity index (χ0n) is 6.80. The number of rotatable bonds is 2. The van der Waals surface area contributed by atoms with Crippen molar-refractivity contribution in [3.63, 3.8) is 0 Å². The van der Waals surface area contributed by atoms with Crippen LogP contribution in [0.2, 0.25) is 5.02 Å². The van der Waals surface area contributed by atoms with E-state index in [2.05, 4.69) is 0 Å². The molecule has 0 aromatic heterocycles. The Morgan fingerprint density at radius 3 is 2.62 bits per heavy atom. The molecule has 1 aromatic carbocycles. The summed E-state index contributed by atoms with van der Waals surface area (Å²) < 4.78 is 13.0. The van der Waals surface area contributed by atoms with Crippen molar-refractivity contribution in [1.82, 2.24) is 0 Å². The summed E-state index contributed by atoms with van der Waals surface area (Å²) in [6, 6.07) is 2.11. The van der Waals surface area contributed by atoms with Crippen LogP contribution >= 0.6 is 11.6 Å². The standard InChI is InChI=1S/C9H6ClFO2/c1-5(13)7-2-6(4-12)8(10)3-9(7)11/h2-4H,1H3. The van der Waals surface area contributed by atoms with Gasteiger partial charge in [-0.3, -0.25) is 9.59 Å². The molecular formula is C9H6ClFO2. The van der Waals surface area contributed by atoms with Crippen LogP contribution in [0, 0.1) is 5.82 Å². The van der Waals surface area contributed by atoms with E-state index in [-0.39, 0.29) is 16.1 Å². The van der Waals surface area contributed by atoms with Gasteiger partial charge >= 0.3 is 0 Å². The molecule has 4 heteroatoms. The van der Waals surface area contributed by atoms with E-state index < -0.39 is 11.6 Å².